The number of piperidine rings is 1. The maximum atomic E-state index is 12.5. The summed E-state index contributed by atoms with van der Waals surface area (Å²) in [6.07, 6.45) is 3.31. The number of carbonyl (C=O) groups excluding carboxylic acids is 1. The fourth-order valence-electron chi connectivity index (χ4n) is 2.88. The topological polar surface area (TPSA) is 62.1 Å². The second kappa shape index (κ2) is 5.26. The highest BCUT2D eigenvalue weighted by Gasteiger charge is 2.42. The zero-order chi connectivity index (χ0) is 13.2. The molecule has 2 saturated heterocycles. The largest absolute Gasteiger partial charge is 0.411 e. The zero-order valence-electron chi connectivity index (χ0n) is 11.2. The van der Waals surface area contributed by atoms with Crippen molar-refractivity contribution in [3.63, 3.8) is 0 Å². The highest BCUT2D eigenvalue weighted by Crippen LogP contribution is 2.29. The maximum Gasteiger partial charge on any atom is 0.254 e. The molecule has 2 heterocycles. The van der Waals surface area contributed by atoms with Crippen molar-refractivity contribution in [1.82, 2.24) is 4.90 Å². The summed E-state index contributed by atoms with van der Waals surface area (Å²) >= 11 is 0. The molecule has 2 fully saturated rings. The standard InChI is InChI=1S/C13H22N2O3/c1-3-10-9-15(7-5-11(10)14-17)12(16)13(2)6-4-8-18-13/h10,17H,3-9H2,1-2H3. The molecule has 0 aromatic carbocycles. The molecule has 2 aliphatic rings. The predicted octanol–water partition coefficient (Wildman–Crippen LogP) is 1.64. The van der Waals surface area contributed by atoms with Gasteiger partial charge in [0.15, 0.2) is 0 Å². The van der Waals surface area contributed by atoms with Crippen LogP contribution in [-0.4, -0.2) is 47.0 Å². The Bertz CT molecular complexity index is 348. The van der Waals surface area contributed by atoms with Gasteiger partial charge in [0.1, 0.15) is 5.60 Å². The minimum absolute atomic E-state index is 0.0930. The minimum atomic E-state index is -0.633. The summed E-state index contributed by atoms with van der Waals surface area (Å²) < 4.78 is 5.61. The molecule has 2 aliphatic heterocycles. The van der Waals surface area contributed by atoms with E-state index in [0.717, 1.165) is 25.0 Å². The van der Waals surface area contributed by atoms with Gasteiger partial charge < -0.3 is 14.8 Å². The summed E-state index contributed by atoms with van der Waals surface area (Å²) in [6, 6.07) is 0. The number of likely N-dealkylation sites (tertiary alicyclic amines) is 1. The SMILES string of the molecule is CCC1CN(C(=O)C2(C)CCCO2)CCC1=NO. The van der Waals surface area contributed by atoms with Crippen LogP contribution in [0.3, 0.4) is 0 Å². The molecule has 0 spiro atoms. The van der Waals surface area contributed by atoms with Gasteiger partial charge >= 0.3 is 0 Å². The number of rotatable bonds is 2. The van der Waals surface area contributed by atoms with E-state index >= 15 is 0 Å². The molecule has 5 heteroatoms. The van der Waals surface area contributed by atoms with Crippen LogP contribution >= 0.6 is 0 Å². The third-order valence-corrected chi connectivity index (χ3v) is 4.13. The minimum Gasteiger partial charge on any atom is -0.411 e. The van der Waals surface area contributed by atoms with Gasteiger partial charge in [-0.1, -0.05) is 12.1 Å². The Morgan fingerprint density at radius 1 is 1.67 bits per heavy atom. The van der Waals surface area contributed by atoms with E-state index in [-0.39, 0.29) is 11.8 Å². The van der Waals surface area contributed by atoms with Crippen LogP contribution in [-0.2, 0) is 9.53 Å². The van der Waals surface area contributed by atoms with Crippen LogP contribution in [0.2, 0.25) is 0 Å². The van der Waals surface area contributed by atoms with Crippen molar-refractivity contribution >= 4 is 11.6 Å². The van der Waals surface area contributed by atoms with Crippen molar-refractivity contribution in [2.75, 3.05) is 19.7 Å². The zero-order valence-corrected chi connectivity index (χ0v) is 11.2. The maximum absolute atomic E-state index is 12.5. The Balaban J connectivity index is 2.04. The van der Waals surface area contributed by atoms with Gasteiger partial charge in [0.2, 0.25) is 0 Å². The van der Waals surface area contributed by atoms with Crippen molar-refractivity contribution in [2.24, 2.45) is 11.1 Å². The summed E-state index contributed by atoms with van der Waals surface area (Å²) in [4.78, 5) is 14.3. The predicted molar refractivity (Wildman–Crippen MR) is 67.8 cm³/mol. The second-order valence-electron chi connectivity index (χ2n) is 5.38. The number of amides is 1. The smallest absolute Gasteiger partial charge is 0.254 e. The molecule has 0 aromatic heterocycles. The summed E-state index contributed by atoms with van der Waals surface area (Å²) in [5, 5.41) is 12.3. The van der Waals surface area contributed by atoms with Crippen LogP contribution in [0.5, 0.6) is 0 Å². The van der Waals surface area contributed by atoms with Crippen LogP contribution in [0, 0.1) is 5.92 Å². The summed E-state index contributed by atoms with van der Waals surface area (Å²) in [7, 11) is 0. The van der Waals surface area contributed by atoms with Gasteiger partial charge in [-0.25, -0.2) is 0 Å². The first kappa shape index (κ1) is 13.3. The molecule has 0 aromatic rings. The van der Waals surface area contributed by atoms with E-state index in [1.54, 1.807) is 0 Å². The van der Waals surface area contributed by atoms with E-state index < -0.39 is 5.60 Å². The van der Waals surface area contributed by atoms with Gasteiger partial charge in [0, 0.05) is 32.0 Å². The lowest BCUT2D eigenvalue weighted by Gasteiger charge is -2.37. The van der Waals surface area contributed by atoms with Gasteiger partial charge in [0.25, 0.3) is 5.91 Å². The third kappa shape index (κ3) is 2.36. The molecule has 5 nitrogen and oxygen atoms in total. The van der Waals surface area contributed by atoms with Crippen LogP contribution in [0.1, 0.15) is 39.5 Å². The monoisotopic (exact) mass is 254 g/mol. The molecule has 0 bridgehead atoms. The van der Waals surface area contributed by atoms with Crippen LogP contribution in [0.25, 0.3) is 0 Å². The van der Waals surface area contributed by atoms with Gasteiger partial charge in [-0.15, -0.1) is 0 Å². The van der Waals surface area contributed by atoms with Crippen molar-refractivity contribution in [3.8, 4) is 0 Å². The Kier molecular flexibility index (Phi) is 3.90. The van der Waals surface area contributed by atoms with E-state index in [1.165, 1.54) is 0 Å². The highest BCUT2D eigenvalue weighted by atomic mass is 16.5. The first-order valence-corrected chi connectivity index (χ1v) is 6.75. The van der Waals surface area contributed by atoms with Gasteiger partial charge in [-0.05, 0) is 26.2 Å². The first-order chi connectivity index (χ1) is 8.60. The van der Waals surface area contributed by atoms with Crippen molar-refractivity contribution in [2.45, 2.75) is 45.1 Å². The Labute approximate surface area is 108 Å². The number of nitrogens with zero attached hydrogens (tertiary/aromatic N) is 2. The lowest BCUT2D eigenvalue weighted by molar-refractivity contribution is -0.151. The summed E-state index contributed by atoms with van der Waals surface area (Å²) in [5.74, 6) is 0.271. The van der Waals surface area contributed by atoms with E-state index in [9.17, 15) is 4.79 Å². The van der Waals surface area contributed by atoms with Crippen molar-refractivity contribution in [3.05, 3.63) is 0 Å². The Hall–Kier alpha value is -1.10. The molecule has 2 rings (SSSR count). The number of hydrogen-bond donors (Lipinski definition) is 1. The molecule has 0 radical (unpaired) electrons. The number of hydrogen-bond acceptors (Lipinski definition) is 4. The molecule has 18 heavy (non-hydrogen) atoms. The molecule has 102 valence electrons. The lowest BCUT2D eigenvalue weighted by atomic mass is 9.91. The molecule has 2 atom stereocenters. The van der Waals surface area contributed by atoms with Crippen LogP contribution in [0.4, 0.5) is 0 Å². The number of ether oxygens (including phenoxy) is 1. The Morgan fingerprint density at radius 2 is 2.44 bits per heavy atom. The third-order valence-electron chi connectivity index (χ3n) is 4.13. The first-order valence-electron chi connectivity index (χ1n) is 6.75. The summed E-state index contributed by atoms with van der Waals surface area (Å²) in [5.41, 5.74) is 0.186. The molecular weight excluding hydrogens is 232 g/mol. The average molecular weight is 254 g/mol. The lowest BCUT2D eigenvalue weighted by Crippen LogP contribution is -2.52. The van der Waals surface area contributed by atoms with Crippen molar-refractivity contribution < 1.29 is 14.7 Å². The van der Waals surface area contributed by atoms with Gasteiger partial charge in [0.05, 0.1) is 5.71 Å². The average Bonchev–Trinajstić information content (AvgIpc) is 2.85. The van der Waals surface area contributed by atoms with E-state index in [4.69, 9.17) is 9.94 Å². The van der Waals surface area contributed by atoms with Gasteiger partial charge in [-0.3, -0.25) is 4.79 Å². The highest BCUT2D eigenvalue weighted by molar-refractivity contribution is 5.91. The normalized spacial score (nSPS) is 35.1. The van der Waals surface area contributed by atoms with Crippen LogP contribution < -0.4 is 0 Å². The van der Waals surface area contributed by atoms with Crippen molar-refractivity contribution in [1.29, 1.82) is 0 Å². The summed E-state index contributed by atoms with van der Waals surface area (Å²) in [6.45, 7) is 5.90. The number of oxime groups is 1. The van der Waals surface area contributed by atoms with Gasteiger partial charge in [-0.2, -0.15) is 0 Å². The molecular formula is C13H22N2O3. The number of carbonyl (C=O) groups is 1. The molecule has 2 unspecified atom stereocenters. The van der Waals surface area contributed by atoms with Crippen LogP contribution in [0.15, 0.2) is 5.16 Å². The molecule has 1 amide bonds. The quantitative estimate of drug-likeness (QED) is 0.602. The fraction of sp³-hybridized carbons (Fsp3) is 0.846. The van der Waals surface area contributed by atoms with E-state index in [2.05, 4.69) is 12.1 Å². The second-order valence-corrected chi connectivity index (χ2v) is 5.38. The fourth-order valence-corrected chi connectivity index (χ4v) is 2.88. The van der Waals surface area contributed by atoms with E-state index in [0.29, 0.717) is 26.1 Å². The molecule has 0 aliphatic carbocycles. The molecule has 1 N–H and O–H groups in total. The molecule has 0 saturated carbocycles. The Morgan fingerprint density at radius 3 is 3.00 bits per heavy atom. The van der Waals surface area contributed by atoms with E-state index in [1.807, 2.05) is 11.8 Å².